The minimum Gasteiger partial charge on any atom is -0.465 e. The van der Waals surface area contributed by atoms with E-state index in [-0.39, 0.29) is 17.8 Å². The molecule has 1 unspecified atom stereocenters. The fourth-order valence-electron chi connectivity index (χ4n) is 3.42. The molecule has 0 amide bonds. The topological polar surface area (TPSA) is 50.1 Å². The number of hydrogen-bond acceptors (Lipinski definition) is 3. The number of unbranched alkanes of at least 4 members (excludes halogenated alkanes) is 1. The van der Waals surface area contributed by atoms with Crippen molar-refractivity contribution in [1.29, 1.82) is 5.26 Å². The van der Waals surface area contributed by atoms with Crippen LogP contribution in [0.15, 0.2) is 0 Å². The van der Waals surface area contributed by atoms with Crippen molar-refractivity contribution >= 4 is 5.97 Å². The molecule has 0 aromatic rings. The van der Waals surface area contributed by atoms with Gasteiger partial charge in [0.2, 0.25) is 0 Å². The van der Waals surface area contributed by atoms with Gasteiger partial charge in [-0.1, -0.05) is 39.5 Å². The van der Waals surface area contributed by atoms with Crippen molar-refractivity contribution in [2.45, 2.75) is 84.5 Å². The molecule has 0 bridgehead atoms. The summed E-state index contributed by atoms with van der Waals surface area (Å²) in [5.74, 6) is 1.07. The van der Waals surface area contributed by atoms with Crippen molar-refractivity contribution in [2.75, 3.05) is 6.61 Å². The van der Waals surface area contributed by atoms with E-state index in [0.717, 1.165) is 44.4 Å². The maximum Gasteiger partial charge on any atom is 0.308 e. The predicted molar refractivity (Wildman–Crippen MR) is 89.2 cm³/mol. The third-order valence-electron chi connectivity index (χ3n) is 4.91. The summed E-state index contributed by atoms with van der Waals surface area (Å²) < 4.78 is 5.42. The lowest BCUT2D eigenvalue weighted by atomic mass is 9.80. The fraction of sp³-hybridized carbons (Fsp3) is 0.895. The monoisotopic (exact) mass is 307 g/mol. The first kappa shape index (κ1) is 19.0. The molecule has 1 aliphatic carbocycles. The number of nitriles is 1. The zero-order chi connectivity index (χ0) is 16.2. The average molecular weight is 307 g/mol. The standard InChI is InChI=1S/C19H33NO2/c1-3-5-8-16-10-12-18(13-11-16)19(21)22-14-6-9-17(15-20)7-4-2/h16-18H,3-14H2,1-2H3. The highest BCUT2D eigenvalue weighted by atomic mass is 16.5. The summed E-state index contributed by atoms with van der Waals surface area (Å²) in [7, 11) is 0. The molecule has 1 atom stereocenters. The van der Waals surface area contributed by atoms with E-state index >= 15 is 0 Å². The van der Waals surface area contributed by atoms with Gasteiger partial charge in [-0.05, 0) is 50.9 Å². The highest BCUT2D eigenvalue weighted by Crippen LogP contribution is 2.32. The Morgan fingerprint density at radius 2 is 1.86 bits per heavy atom. The van der Waals surface area contributed by atoms with Gasteiger partial charge in [-0.25, -0.2) is 0 Å². The Morgan fingerprint density at radius 3 is 2.45 bits per heavy atom. The number of carbonyl (C=O) groups excluding carboxylic acids is 1. The molecule has 126 valence electrons. The predicted octanol–water partition coefficient (Wildman–Crippen LogP) is 5.25. The Bertz CT molecular complexity index is 340. The van der Waals surface area contributed by atoms with E-state index in [1.807, 2.05) is 0 Å². The van der Waals surface area contributed by atoms with Crippen LogP contribution in [0.1, 0.15) is 84.5 Å². The summed E-state index contributed by atoms with van der Waals surface area (Å²) in [5.41, 5.74) is 0. The second-order valence-electron chi connectivity index (χ2n) is 6.78. The van der Waals surface area contributed by atoms with Crippen LogP contribution in [-0.4, -0.2) is 12.6 Å². The maximum atomic E-state index is 12.1. The zero-order valence-corrected chi connectivity index (χ0v) is 14.5. The summed E-state index contributed by atoms with van der Waals surface area (Å²) in [5, 5.41) is 9.00. The Hall–Kier alpha value is -1.04. The maximum absolute atomic E-state index is 12.1. The van der Waals surface area contributed by atoms with Gasteiger partial charge in [-0.15, -0.1) is 0 Å². The van der Waals surface area contributed by atoms with Gasteiger partial charge in [0.1, 0.15) is 0 Å². The zero-order valence-electron chi connectivity index (χ0n) is 14.5. The third-order valence-corrected chi connectivity index (χ3v) is 4.91. The van der Waals surface area contributed by atoms with E-state index in [0.29, 0.717) is 6.61 Å². The molecule has 22 heavy (non-hydrogen) atoms. The second-order valence-corrected chi connectivity index (χ2v) is 6.78. The van der Waals surface area contributed by atoms with Crippen LogP contribution in [0.25, 0.3) is 0 Å². The van der Waals surface area contributed by atoms with Gasteiger partial charge >= 0.3 is 5.97 Å². The second kappa shape index (κ2) is 11.5. The van der Waals surface area contributed by atoms with E-state index in [2.05, 4.69) is 19.9 Å². The van der Waals surface area contributed by atoms with Gasteiger partial charge in [0.05, 0.1) is 18.6 Å². The van der Waals surface area contributed by atoms with Crippen LogP contribution >= 0.6 is 0 Å². The Morgan fingerprint density at radius 1 is 1.14 bits per heavy atom. The van der Waals surface area contributed by atoms with Crippen LogP contribution in [-0.2, 0) is 9.53 Å². The number of nitrogens with zero attached hydrogens (tertiary/aromatic N) is 1. The van der Waals surface area contributed by atoms with Gasteiger partial charge < -0.3 is 4.74 Å². The molecule has 0 heterocycles. The van der Waals surface area contributed by atoms with Gasteiger partial charge in [0.25, 0.3) is 0 Å². The van der Waals surface area contributed by atoms with E-state index < -0.39 is 0 Å². The van der Waals surface area contributed by atoms with E-state index in [1.54, 1.807) is 0 Å². The normalized spacial score (nSPS) is 22.8. The number of esters is 1. The van der Waals surface area contributed by atoms with Crippen LogP contribution in [0.2, 0.25) is 0 Å². The molecular weight excluding hydrogens is 274 g/mol. The van der Waals surface area contributed by atoms with Crippen LogP contribution in [0.3, 0.4) is 0 Å². The third kappa shape index (κ3) is 7.29. The lowest BCUT2D eigenvalue weighted by Gasteiger charge is -2.27. The SMILES string of the molecule is CCCCC1CCC(C(=O)OCCCC(C#N)CCC)CC1. The molecule has 1 rings (SSSR count). The molecule has 0 spiro atoms. The molecule has 0 radical (unpaired) electrons. The summed E-state index contributed by atoms with van der Waals surface area (Å²) in [6.07, 6.45) is 11.9. The van der Waals surface area contributed by atoms with Crippen molar-refractivity contribution in [3.63, 3.8) is 0 Å². The van der Waals surface area contributed by atoms with Crippen molar-refractivity contribution in [3.8, 4) is 6.07 Å². The number of rotatable bonds is 10. The van der Waals surface area contributed by atoms with E-state index in [4.69, 9.17) is 10.00 Å². The molecule has 1 aliphatic rings. The van der Waals surface area contributed by atoms with E-state index in [1.165, 1.54) is 32.1 Å². The quantitative estimate of drug-likeness (QED) is 0.409. The van der Waals surface area contributed by atoms with Gasteiger partial charge in [-0.3, -0.25) is 4.79 Å². The van der Waals surface area contributed by atoms with Crippen molar-refractivity contribution < 1.29 is 9.53 Å². The number of ether oxygens (including phenoxy) is 1. The summed E-state index contributed by atoms with van der Waals surface area (Å²) >= 11 is 0. The first-order valence-corrected chi connectivity index (χ1v) is 9.27. The summed E-state index contributed by atoms with van der Waals surface area (Å²) in [6.45, 7) is 4.82. The lowest BCUT2D eigenvalue weighted by Crippen LogP contribution is -2.24. The number of hydrogen-bond donors (Lipinski definition) is 0. The largest absolute Gasteiger partial charge is 0.465 e. The first-order chi connectivity index (χ1) is 10.7. The Labute approximate surface area is 136 Å². The molecular formula is C19H33NO2. The van der Waals surface area contributed by atoms with Crippen LogP contribution in [0, 0.1) is 29.1 Å². The molecule has 1 fully saturated rings. The first-order valence-electron chi connectivity index (χ1n) is 9.27. The highest BCUT2D eigenvalue weighted by molar-refractivity contribution is 5.72. The molecule has 3 heteroatoms. The minimum absolute atomic E-state index is 0.00191. The number of carbonyl (C=O) groups is 1. The molecule has 0 aliphatic heterocycles. The lowest BCUT2D eigenvalue weighted by molar-refractivity contribution is -0.150. The summed E-state index contributed by atoms with van der Waals surface area (Å²) in [4.78, 5) is 12.1. The van der Waals surface area contributed by atoms with Gasteiger partial charge in [0, 0.05) is 5.92 Å². The van der Waals surface area contributed by atoms with Crippen LogP contribution in [0.4, 0.5) is 0 Å². The minimum atomic E-state index is -0.00191. The van der Waals surface area contributed by atoms with Crippen molar-refractivity contribution in [2.24, 2.45) is 17.8 Å². The molecule has 1 saturated carbocycles. The Kier molecular flexibility index (Phi) is 9.95. The molecule has 0 aromatic heterocycles. The smallest absolute Gasteiger partial charge is 0.308 e. The van der Waals surface area contributed by atoms with Crippen LogP contribution < -0.4 is 0 Å². The van der Waals surface area contributed by atoms with E-state index in [9.17, 15) is 4.79 Å². The molecule has 3 nitrogen and oxygen atoms in total. The molecule has 0 N–H and O–H groups in total. The summed E-state index contributed by atoms with van der Waals surface area (Å²) in [6, 6.07) is 2.34. The van der Waals surface area contributed by atoms with Gasteiger partial charge in [-0.2, -0.15) is 5.26 Å². The fourth-order valence-corrected chi connectivity index (χ4v) is 3.42. The Balaban J connectivity index is 2.12. The molecule has 0 saturated heterocycles. The highest BCUT2D eigenvalue weighted by Gasteiger charge is 2.26. The molecule has 0 aromatic carbocycles. The average Bonchev–Trinajstić information content (AvgIpc) is 2.56. The van der Waals surface area contributed by atoms with Gasteiger partial charge in [0.15, 0.2) is 0 Å². The van der Waals surface area contributed by atoms with Crippen molar-refractivity contribution in [3.05, 3.63) is 0 Å². The van der Waals surface area contributed by atoms with Crippen molar-refractivity contribution in [1.82, 2.24) is 0 Å². The van der Waals surface area contributed by atoms with Crippen LogP contribution in [0.5, 0.6) is 0 Å².